The second-order valence-corrected chi connectivity index (χ2v) is 4.41. The molecule has 0 bridgehead atoms. The Hall–Kier alpha value is -2.63. The van der Waals surface area contributed by atoms with Crippen molar-refractivity contribution in [2.75, 3.05) is 5.73 Å². The quantitative estimate of drug-likeness (QED) is 0.711. The van der Waals surface area contributed by atoms with Crippen LogP contribution in [0.3, 0.4) is 0 Å². The molecule has 0 unspecified atom stereocenters. The molecular weight excluding hydrogens is 258 g/mol. The van der Waals surface area contributed by atoms with Gasteiger partial charge in [0.1, 0.15) is 18.0 Å². The Morgan fingerprint density at radius 2 is 1.90 bits per heavy atom. The number of phenolic OH excluding ortho intramolecular Hbond substituents is 1. The number of aliphatic carboxylic acids is 1. The molecule has 0 saturated heterocycles. The van der Waals surface area contributed by atoms with Crippen molar-refractivity contribution in [3.05, 3.63) is 36.4 Å². The normalized spacial score (nSPS) is 10.4. The Kier molecular flexibility index (Phi) is 4.14. The highest BCUT2D eigenvalue weighted by atomic mass is 16.4. The zero-order valence-corrected chi connectivity index (χ0v) is 10.9. The highest BCUT2D eigenvalue weighted by Gasteiger charge is 2.10. The third kappa shape index (κ3) is 3.44. The van der Waals surface area contributed by atoms with Crippen molar-refractivity contribution >= 4 is 11.8 Å². The molecule has 6 heteroatoms. The molecule has 0 aliphatic rings. The van der Waals surface area contributed by atoms with E-state index in [1.54, 1.807) is 41.1 Å². The SMILES string of the molecule is Nc1ccc(-c2ccc(O)cc2)n[n+]1CCCC(=O)O. The van der Waals surface area contributed by atoms with Gasteiger partial charge >= 0.3 is 5.97 Å². The Morgan fingerprint density at radius 1 is 1.20 bits per heavy atom. The summed E-state index contributed by atoms with van der Waals surface area (Å²) in [6.45, 7) is 0.448. The first-order valence-electron chi connectivity index (χ1n) is 6.24. The number of carboxylic acids is 1. The van der Waals surface area contributed by atoms with E-state index in [0.717, 1.165) is 11.3 Å². The predicted molar refractivity (Wildman–Crippen MR) is 72.8 cm³/mol. The summed E-state index contributed by atoms with van der Waals surface area (Å²) in [5, 5.41) is 22.3. The smallest absolute Gasteiger partial charge is 0.303 e. The first-order chi connectivity index (χ1) is 9.56. The molecule has 2 rings (SSSR count). The molecule has 1 aromatic carbocycles. The third-order valence-electron chi connectivity index (χ3n) is 2.86. The van der Waals surface area contributed by atoms with Crippen LogP contribution >= 0.6 is 0 Å². The fraction of sp³-hybridized carbons (Fsp3) is 0.214. The number of benzene rings is 1. The summed E-state index contributed by atoms with van der Waals surface area (Å²) in [7, 11) is 0. The molecule has 1 heterocycles. The van der Waals surface area contributed by atoms with E-state index in [1.807, 2.05) is 0 Å². The minimum atomic E-state index is -0.834. The second-order valence-electron chi connectivity index (χ2n) is 4.41. The van der Waals surface area contributed by atoms with Crippen LogP contribution in [0.1, 0.15) is 12.8 Å². The number of aromatic hydroxyl groups is 1. The number of hydrogen-bond acceptors (Lipinski definition) is 4. The number of aryl methyl sites for hydroxylation is 1. The lowest BCUT2D eigenvalue weighted by atomic mass is 10.1. The van der Waals surface area contributed by atoms with Crippen LogP contribution in [-0.4, -0.2) is 21.3 Å². The molecule has 4 N–H and O–H groups in total. The van der Waals surface area contributed by atoms with Crippen molar-refractivity contribution in [2.24, 2.45) is 0 Å². The zero-order chi connectivity index (χ0) is 14.5. The maximum absolute atomic E-state index is 10.5. The monoisotopic (exact) mass is 274 g/mol. The highest BCUT2D eigenvalue weighted by Crippen LogP contribution is 2.19. The van der Waals surface area contributed by atoms with Gasteiger partial charge < -0.3 is 10.2 Å². The van der Waals surface area contributed by atoms with Crippen LogP contribution in [-0.2, 0) is 11.3 Å². The molecule has 1 aromatic heterocycles. The molecule has 0 spiro atoms. The highest BCUT2D eigenvalue weighted by molar-refractivity contribution is 5.66. The zero-order valence-electron chi connectivity index (χ0n) is 10.9. The standard InChI is InChI=1S/C14H15N3O3/c15-13-8-7-12(10-3-5-11(18)6-4-10)16-17(13)9-1-2-14(19)20/h3-8,15H,1-2,9H2,(H2,16,18,19,20)/p+1. The van der Waals surface area contributed by atoms with Gasteiger partial charge in [0, 0.05) is 18.1 Å². The van der Waals surface area contributed by atoms with E-state index in [2.05, 4.69) is 5.10 Å². The summed E-state index contributed by atoms with van der Waals surface area (Å²) in [5.41, 5.74) is 7.39. The van der Waals surface area contributed by atoms with Gasteiger partial charge in [0.15, 0.2) is 0 Å². The van der Waals surface area contributed by atoms with Crippen LogP contribution < -0.4 is 10.4 Å². The van der Waals surface area contributed by atoms with Gasteiger partial charge in [0.05, 0.1) is 0 Å². The third-order valence-corrected chi connectivity index (χ3v) is 2.86. The number of nitrogens with two attached hydrogens (primary N) is 1. The van der Waals surface area contributed by atoms with Crippen LogP contribution in [0.25, 0.3) is 11.3 Å². The number of phenols is 1. The van der Waals surface area contributed by atoms with Crippen molar-refractivity contribution in [1.82, 2.24) is 5.10 Å². The molecule has 2 aromatic rings. The molecule has 20 heavy (non-hydrogen) atoms. The molecule has 6 nitrogen and oxygen atoms in total. The van der Waals surface area contributed by atoms with Crippen LogP contribution in [0.5, 0.6) is 5.75 Å². The minimum absolute atomic E-state index is 0.0809. The molecule has 0 aliphatic carbocycles. The fourth-order valence-corrected chi connectivity index (χ4v) is 1.82. The predicted octanol–water partition coefficient (Wildman–Crippen LogP) is 1.19. The van der Waals surface area contributed by atoms with Gasteiger partial charge in [-0.15, -0.1) is 4.68 Å². The average molecular weight is 274 g/mol. The van der Waals surface area contributed by atoms with Gasteiger partial charge in [-0.25, -0.2) is 0 Å². The number of nitrogens with zero attached hydrogens (tertiary/aromatic N) is 2. The fourth-order valence-electron chi connectivity index (χ4n) is 1.82. The average Bonchev–Trinajstić information content (AvgIpc) is 2.41. The first kappa shape index (κ1) is 13.8. The van der Waals surface area contributed by atoms with E-state index in [1.165, 1.54) is 0 Å². The van der Waals surface area contributed by atoms with E-state index < -0.39 is 5.97 Å². The molecule has 0 saturated carbocycles. The molecule has 0 amide bonds. The van der Waals surface area contributed by atoms with Gasteiger partial charge in [0.25, 0.3) is 5.82 Å². The summed E-state index contributed by atoms with van der Waals surface area (Å²) in [6.07, 6.45) is 0.549. The summed E-state index contributed by atoms with van der Waals surface area (Å²) in [6, 6.07) is 10.2. The topological polar surface area (TPSA) is 100 Å². The summed E-state index contributed by atoms with van der Waals surface area (Å²) >= 11 is 0. The van der Waals surface area contributed by atoms with E-state index in [4.69, 9.17) is 10.8 Å². The minimum Gasteiger partial charge on any atom is -0.508 e. The van der Waals surface area contributed by atoms with Crippen molar-refractivity contribution in [3.8, 4) is 17.0 Å². The van der Waals surface area contributed by atoms with Crippen molar-refractivity contribution in [1.29, 1.82) is 0 Å². The largest absolute Gasteiger partial charge is 0.508 e. The van der Waals surface area contributed by atoms with Crippen molar-refractivity contribution in [2.45, 2.75) is 19.4 Å². The number of nitrogen functional groups attached to an aromatic ring is 1. The number of rotatable bonds is 5. The van der Waals surface area contributed by atoms with Crippen LogP contribution in [0.2, 0.25) is 0 Å². The van der Waals surface area contributed by atoms with Crippen LogP contribution in [0.15, 0.2) is 36.4 Å². The first-order valence-corrected chi connectivity index (χ1v) is 6.24. The maximum Gasteiger partial charge on any atom is 0.303 e. The number of hydrogen-bond donors (Lipinski definition) is 3. The lowest BCUT2D eigenvalue weighted by molar-refractivity contribution is -0.739. The van der Waals surface area contributed by atoms with E-state index in [9.17, 15) is 9.90 Å². The Morgan fingerprint density at radius 3 is 2.55 bits per heavy atom. The Balaban J connectivity index is 2.19. The lowest BCUT2D eigenvalue weighted by Crippen LogP contribution is -2.41. The molecule has 0 radical (unpaired) electrons. The lowest BCUT2D eigenvalue weighted by Gasteiger charge is -2.04. The number of aromatic nitrogens is 2. The van der Waals surface area contributed by atoms with Crippen molar-refractivity contribution < 1.29 is 19.7 Å². The van der Waals surface area contributed by atoms with Gasteiger partial charge in [-0.2, -0.15) is 0 Å². The Labute approximate surface area is 116 Å². The van der Waals surface area contributed by atoms with E-state index in [-0.39, 0.29) is 12.2 Å². The molecule has 0 aliphatic heterocycles. The van der Waals surface area contributed by atoms with E-state index in [0.29, 0.717) is 18.8 Å². The molecular formula is C14H16N3O3+. The Bertz CT molecular complexity index is 612. The molecule has 0 fully saturated rings. The van der Waals surface area contributed by atoms with E-state index >= 15 is 0 Å². The van der Waals surface area contributed by atoms with Gasteiger partial charge in [0.2, 0.25) is 0 Å². The summed E-state index contributed by atoms with van der Waals surface area (Å²) in [4.78, 5) is 10.5. The maximum atomic E-state index is 10.5. The number of anilines is 1. The molecule has 0 atom stereocenters. The van der Waals surface area contributed by atoms with Crippen LogP contribution in [0, 0.1) is 0 Å². The number of carboxylic acid groups (broad SMARTS) is 1. The molecule has 104 valence electrons. The summed E-state index contributed by atoms with van der Waals surface area (Å²) < 4.78 is 1.59. The van der Waals surface area contributed by atoms with Crippen molar-refractivity contribution in [3.63, 3.8) is 0 Å². The van der Waals surface area contributed by atoms with Gasteiger partial charge in [-0.3, -0.25) is 10.5 Å². The van der Waals surface area contributed by atoms with Crippen LogP contribution in [0.4, 0.5) is 5.82 Å². The van der Waals surface area contributed by atoms with Gasteiger partial charge in [-0.1, -0.05) is 5.10 Å². The summed E-state index contributed by atoms with van der Waals surface area (Å²) in [5.74, 6) is -0.157. The number of carbonyl (C=O) groups is 1. The van der Waals surface area contributed by atoms with Gasteiger partial charge in [-0.05, 0) is 36.8 Å². The second kappa shape index (κ2) is 6.01.